The Balaban J connectivity index is 1.56. The van der Waals surface area contributed by atoms with Crippen LogP contribution in [-0.2, 0) is 24.2 Å². The molecule has 112 valence electrons. The highest BCUT2D eigenvalue weighted by Gasteiger charge is 2.22. The lowest BCUT2D eigenvalue weighted by Crippen LogP contribution is -2.24. The van der Waals surface area contributed by atoms with Crippen molar-refractivity contribution in [3.05, 3.63) is 53.9 Å². The number of aromatic nitrogens is 1. The second-order valence-electron chi connectivity index (χ2n) is 5.37. The van der Waals surface area contributed by atoms with Crippen molar-refractivity contribution in [1.29, 1.82) is 0 Å². The summed E-state index contributed by atoms with van der Waals surface area (Å²) in [6, 6.07) is 12.6. The van der Waals surface area contributed by atoms with Crippen LogP contribution in [0.4, 0.5) is 0 Å². The summed E-state index contributed by atoms with van der Waals surface area (Å²) in [6.45, 7) is 3.35. The molecule has 0 amide bonds. The molecular weight excluding hydrogens is 264 g/mol. The molecule has 2 heterocycles. The fourth-order valence-corrected chi connectivity index (χ4v) is 2.75. The van der Waals surface area contributed by atoms with Crippen molar-refractivity contribution in [2.75, 3.05) is 20.3 Å². The van der Waals surface area contributed by atoms with Gasteiger partial charge in [-0.2, -0.15) is 0 Å². The van der Waals surface area contributed by atoms with Crippen LogP contribution in [-0.4, -0.2) is 30.9 Å². The molecule has 4 nitrogen and oxygen atoms in total. The van der Waals surface area contributed by atoms with Crippen LogP contribution in [0, 0.1) is 0 Å². The highest BCUT2D eigenvalue weighted by atomic mass is 16.5. The Morgan fingerprint density at radius 3 is 3.05 bits per heavy atom. The molecule has 1 N–H and O–H groups in total. The van der Waals surface area contributed by atoms with Crippen molar-refractivity contribution in [2.45, 2.75) is 25.6 Å². The van der Waals surface area contributed by atoms with Gasteiger partial charge in [0.05, 0.1) is 13.2 Å². The van der Waals surface area contributed by atoms with Gasteiger partial charge in [0.15, 0.2) is 0 Å². The molecule has 1 aromatic carbocycles. The van der Waals surface area contributed by atoms with Crippen LogP contribution in [0.25, 0.3) is 0 Å². The summed E-state index contributed by atoms with van der Waals surface area (Å²) in [7, 11) is 1.72. The summed E-state index contributed by atoms with van der Waals surface area (Å²) in [5, 5.41) is 3.38. The van der Waals surface area contributed by atoms with Crippen molar-refractivity contribution < 1.29 is 9.47 Å². The largest absolute Gasteiger partial charge is 0.488 e. The number of nitrogens with one attached hydrogen (secondary N) is 1. The van der Waals surface area contributed by atoms with Gasteiger partial charge in [0.1, 0.15) is 11.9 Å². The van der Waals surface area contributed by atoms with Gasteiger partial charge in [-0.3, -0.25) is 0 Å². The van der Waals surface area contributed by atoms with Gasteiger partial charge in [-0.15, -0.1) is 0 Å². The van der Waals surface area contributed by atoms with Crippen LogP contribution < -0.4 is 10.1 Å². The zero-order valence-corrected chi connectivity index (χ0v) is 12.4. The third-order valence-electron chi connectivity index (χ3n) is 3.83. The number of hydrogen-bond donors (Lipinski definition) is 1. The van der Waals surface area contributed by atoms with Gasteiger partial charge in [-0.25, -0.2) is 0 Å². The lowest BCUT2D eigenvalue weighted by Gasteiger charge is -2.15. The van der Waals surface area contributed by atoms with Crippen LogP contribution in [0.15, 0.2) is 42.6 Å². The first-order valence-electron chi connectivity index (χ1n) is 7.45. The number of para-hydroxylation sites is 1. The van der Waals surface area contributed by atoms with Crippen molar-refractivity contribution in [2.24, 2.45) is 0 Å². The average Bonchev–Trinajstić information content (AvgIpc) is 3.10. The van der Waals surface area contributed by atoms with Crippen molar-refractivity contribution in [1.82, 2.24) is 9.88 Å². The molecule has 0 aliphatic carbocycles. The maximum atomic E-state index is 6.02. The molecule has 1 unspecified atom stereocenters. The Kier molecular flexibility index (Phi) is 4.58. The first-order valence-corrected chi connectivity index (χ1v) is 7.45. The first kappa shape index (κ1) is 14.2. The highest BCUT2D eigenvalue weighted by molar-refractivity contribution is 5.37. The quantitative estimate of drug-likeness (QED) is 0.793. The fourth-order valence-electron chi connectivity index (χ4n) is 2.75. The van der Waals surface area contributed by atoms with Crippen LogP contribution in [0.2, 0.25) is 0 Å². The molecule has 1 atom stereocenters. The Bertz CT molecular complexity index is 555. The molecule has 0 spiro atoms. The van der Waals surface area contributed by atoms with Crippen LogP contribution in [0.5, 0.6) is 5.75 Å². The van der Waals surface area contributed by atoms with E-state index in [1.807, 2.05) is 6.07 Å². The highest BCUT2D eigenvalue weighted by Crippen LogP contribution is 2.28. The lowest BCUT2D eigenvalue weighted by molar-refractivity contribution is 0.197. The summed E-state index contributed by atoms with van der Waals surface area (Å²) in [5.41, 5.74) is 2.60. The van der Waals surface area contributed by atoms with E-state index in [9.17, 15) is 0 Å². The van der Waals surface area contributed by atoms with Crippen LogP contribution >= 0.6 is 0 Å². The average molecular weight is 286 g/mol. The summed E-state index contributed by atoms with van der Waals surface area (Å²) >= 11 is 0. The second kappa shape index (κ2) is 6.78. The maximum absolute atomic E-state index is 6.02. The zero-order valence-electron chi connectivity index (χ0n) is 12.4. The molecule has 4 heteroatoms. The fraction of sp³-hybridized carbons (Fsp3) is 0.412. The molecule has 21 heavy (non-hydrogen) atoms. The van der Waals surface area contributed by atoms with E-state index in [1.165, 1.54) is 11.3 Å². The summed E-state index contributed by atoms with van der Waals surface area (Å²) < 4.78 is 13.3. The second-order valence-corrected chi connectivity index (χ2v) is 5.37. The van der Waals surface area contributed by atoms with Crippen molar-refractivity contribution in [3.8, 4) is 5.75 Å². The first-order chi connectivity index (χ1) is 10.4. The topological polar surface area (TPSA) is 35.4 Å². The van der Waals surface area contributed by atoms with E-state index in [2.05, 4.69) is 46.4 Å². The van der Waals surface area contributed by atoms with E-state index in [1.54, 1.807) is 7.11 Å². The van der Waals surface area contributed by atoms with Gasteiger partial charge in [0, 0.05) is 38.5 Å². The smallest absolute Gasteiger partial charge is 0.123 e. The summed E-state index contributed by atoms with van der Waals surface area (Å²) in [4.78, 5) is 0. The van der Waals surface area contributed by atoms with Gasteiger partial charge in [0.2, 0.25) is 0 Å². The molecule has 0 radical (unpaired) electrons. The minimum atomic E-state index is 0.229. The molecular formula is C17H22N2O2. The van der Waals surface area contributed by atoms with E-state index < -0.39 is 0 Å². The lowest BCUT2D eigenvalue weighted by atomic mass is 10.1. The monoisotopic (exact) mass is 286 g/mol. The summed E-state index contributed by atoms with van der Waals surface area (Å²) in [6.07, 6.45) is 3.34. The Labute approximate surface area is 125 Å². The van der Waals surface area contributed by atoms with Gasteiger partial charge >= 0.3 is 0 Å². The standard InChI is InChI=1S/C17H22N2O2/c1-20-10-8-18-12-15-6-4-9-19(15)13-16-11-14-5-2-3-7-17(14)21-16/h2-7,9,16,18H,8,10-13H2,1H3. The minimum absolute atomic E-state index is 0.229. The van der Waals surface area contributed by atoms with Gasteiger partial charge in [-0.05, 0) is 23.8 Å². The van der Waals surface area contributed by atoms with E-state index in [4.69, 9.17) is 9.47 Å². The molecule has 0 saturated heterocycles. The normalized spacial score (nSPS) is 16.7. The predicted octanol–water partition coefficient (Wildman–Crippen LogP) is 2.23. The number of fused-ring (bicyclic) bond motifs is 1. The van der Waals surface area contributed by atoms with E-state index in [0.29, 0.717) is 0 Å². The third kappa shape index (κ3) is 3.46. The SMILES string of the molecule is COCCNCc1cccn1CC1Cc2ccccc2O1. The molecule has 0 fully saturated rings. The third-order valence-corrected chi connectivity index (χ3v) is 3.83. The van der Waals surface area contributed by atoms with Gasteiger partial charge < -0.3 is 19.4 Å². The molecule has 0 saturated carbocycles. The number of rotatable bonds is 7. The Morgan fingerprint density at radius 2 is 2.19 bits per heavy atom. The van der Waals surface area contributed by atoms with Gasteiger partial charge in [-0.1, -0.05) is 18.2 Å². The molecule has 0 bridgehead atoms. The molecule has 1 aromatic heterocycles. The number of benzene rings is 1. The predicted molar refractivity (Wildman–Crippen MR) is 82.6 cm³/mol. The van der Waals surface area contributed by atoms with Crippen LogP contribution in [0.1, 0.15) is 11.3 Å². The van der Waals surface area contributed by atoms with Gasteiger partial charge in [0.25, 0.3) is 0 Å². The molecule has 2 aromatic rings. The van der Waals surface area contributed by atoms with E-state index in [0.717, 1.165) is 38.4 Å². The zero-order chi connectivity index (χ0) is 14.5. The number of hydrogen-bond acceptors (Lipinski definition) is 3. The van der Waals surface area contributed by atoms with Crippen molar-refractivity contribution >= 4 is 0 Å². The number of nitrogens with zero attached hydrogens (tertiary/aromatic N) is 1. The molecule has 1 aliphatic heterocycles. The van der Waals surface area contributed by atoms with Crippen LogP contribution in [0.3, 0.4) is 0 Å². The Morgan fingerprint density at radius 1 is 1.29 bits per heavy atom. The van der Waals surface area contributed by atoms with E-state index in [-0.39, 0.29) is 6.10 Å². The minimum Gasteiger partial charge on any atom is -0.488 e. The Hall–Kier alpha value is -1.78. The number of methoxy groups -OCH3 is 1. The van der Waals surface area contributed by atoms with E-state index >= 15 is 0 Å². The maximum Gasteiger partial charge on any atom is 0.123 e. The van der Waals surface area contributed by atoms with Crippen molar-refractivity contribution in [3.63, 3.8) is 0 Å². The number of ether oxygens (including phenoxy) is 2. The molecule has 1 aliphatic rings. The summed E-state index contributed by atoms with van der Waals surface area (Å²) in [5.74, 6) is 1.04. The molecule has 3 rings (SSSR count).